The quantitative estimate of drug-likeness (QED) is 0.790. The number of rotatable bonds is 6. The van der Waals surface area contributed by atoms with Gasteiger partial charge in [0.25, 0.3) is 0 Å². The molecular weight excluding hydrogens is 313 g/mol. The van der Waals surface area contributed by atoms with Crippen LogP contribution < -0.4 is 10.1 Å². The molecule has 2 rings (SSSR count). The summed E-state index contributed by atoms with van der Waals surface area (Å²) in [6.07, 6.45) is 1.07. The van der Waals surface area contributed by atoms with Gasteiger partial charge >= 0.3 is 0 Å². The Morgan fingerprint density at radius 3 is 2.60 bits per heavy atom. The van der Waals surface area contributed by atoms with E-state index in [0.717, 1.165) is 22.9 Å². The standard InChI is InChI=1S/C15H17Cl2NOS/c1-3-8-18-15(13-6-7-14(17)20-13)10-4-5-12(19-2)11(16)9-10/h4-7,9,15,18H,3,8H2,1-2H3. The van der Waals surface area contributed by atoms with Crippen LogP contribution >= 0.6 is 34.5 Å². The smallest absolute Gasteiger partial charge is 0.137 e. The summed E-state index contributed by atoms with van der Waals surface area (Å²) >= 11 is 13.9. The summed E-state index contributed by atoms with van der Waals surface area (Å²) in [4.78, 5) is 1.18. The van der Waals surface area contributed by atoms with Crippen LogP contribution in [-0.4, -0.2) is 13.7 Å². The Bertz CT molecular complexity index is 571. The van der Waals surface area contributed by atoms with E-state index >= 15 is 0 Å². The number of benzene rings is 1. The Morgan fingerprint density at radius 2 is 2.05 bits per heavy atom. The third kappa shape index (κ3) is 3.67. The highest BCUT2D eigenvalue weighted by atomic mass is 35.5. The van der Waals surface area contributed by atoms with Gasteiger partial charge in [0.05, 0.1) is 22.5 Å². The van der Waals surface area contributed by atoms with Gasteiger partial charge in [-0.3, -0.25) is 0 Å². The molecule has 0 aliphatic rings. The molecule has 1 unspecified atom stereocenters. The SMILES string of the molecule is CCCNC(c1ccc(OC)c(Cl)c1)c1ccc(Cl)s1. The lowest BCUT2D eigenvalue weighted by atomic mass is 10.0. The third-order valence-corrected chi connectivity index (χ3v) is 4.58. The summed E-state index contributed by atoms with van der Waals surface area (Å²) in [5.41, 5.74) is 1.11. The molecule has 1 aromatic carbocycles. The highest BCUT2D eigenvalue weighted by Crippen LogP contribution is 2.34. The molecule has 0 bridgehead atoms. The molecular formula is C15H17Cl2NOS. The van der Waals surface area contributed by atoms with Crippen LogP contribution in [0.5, 0.6) is 5.75 Å². The van der Waals surface area contributed by atoms with Gasteiger partial charge in [0.2, 0.25) is 0 Å². The van der Waals surface area contributed by atoms with E-state index in [2.05, 4.69) is 18.3 Å². The maximum absolute atomic E-state index is 6.22. The van der Waals surface area contributed by atoms with Crippen LogP contribution in [0, 0.1) is 0 Å². The molecule has 1 aromatic heterocycles. The van der Waals surface area contributed by atoms with Crippen molar-refractivity contribution in [1.82, 2.24) is 5.32 Å². The summed E-state index contributed by atoms with van der Waals surface area (Å²) in [6, 6.07) is 9.96. The number of thiophene rings is 1. The van der Waals surface area contributed by atoms with E-state index in [4.69, 9.17) is 27.9 Å². The molecule has 5 heteroatoms. The lowest BCUT2D eigenvalue weighted by Gasteiger charge is -2.18. The lowest BCUT2D eigenvalue weighted by Crippen LogP contribution is -2.22. The fourth-order valence-electron chi connectivity index (χ4n) is 2.02. The van der Waals surface area contributed by atoms with Crippen LogP contribution in [-0.2, 0) is 0 Å². The normalized spacial score (nSPS) is 12.4. The largest absolute Gasteiger partial charge is 0.495 e. The Hall–Kier alpha value is -0.740. The number of hydrogen-bond acceptors (Lipinski definition) is 3. The maximum atomic E-state index is 6.22. The lowest BCUT2D eigenvalue weighted by molar-refractivity contribution is 0.414. The summed E-state index contributed by atoms with van der Waals surface area (Å²) < 4.78 is 5.99. The molecule has 1 N–H and O–H groups in total. The van der Waals surface area contributed by atoms with Gasteiger partial charge in [0.15, 0.2) is 0 Å². The molecule has 0 saturated carbocycles. The second-order valence-electron chi connectivity index (χ2n) is 4.42. The van der Waals surface area contributed by atoms with E-state index in [0.29, 0.717) is 10.8 Å². The van der Waals surface area contributed by atoms with Gasteiger partial charge in [0.1, 0.15) is 5.75 Å². The summed E-state index contributed by atoms with van der Waals surface area (Å²) in [5.74, 6) is 0.689. The number of ether oxygens (including phenoxy) is 1. The molecule has 1 atom stereocenters. The molecule has 2 aromatic rings. The van der Waals surface area contributed by atoms with Gasteiger partial charge in [-0.1, -0.05) is 36.2 Å². The summed E-state index contributed by atoms with van der Waals surface area (Å²) in [5, 5.41) is 4.15. The first-order chi connectivity index (χ1) is 9.65. The fourth-order valence-corrected chi connectivity index (χ4v) is 3.45. The molecule has 0 saturated heterocycles. The number of halogens is 2. The van der Waals surface area contributed by atoms with Crippen molar-refractivity contribution >= 4 is 34.5 Å². The van der Waals surface area contributed by atoms with Crippen molar-refractivity contribution in [3.8, 4) is 5.75 Å². The predicted molar refractivity (Wildman–Crippen MR) is 87.5 cm³/mol. The highest BCUT2D eigenvalue weighted by molar-refractivity contribution is 7.16. The maximum Gasteiger partial charge on any atom is 0.137 e. The molecule has 0 spiro atoms. The molecule has 108 valence electrons. The zero-order valence-electron chi connectivity index (χ0n) is 11.5. The minimum absolute atomic E-state index is 0.107. The van der Waals surface area contributed by atoms with Gasteiger partial charge in [-0.05, 0) is 42.8 Å². The topological polar surface area (TPSA) is 21.3 Å². The highest BCUT2D eigenvalue weighted by Gasteiger charge is 2.16. The monoisotopic (exact) mass is 329 g/mol. The first-order valence-electron chi connectivity index (χ1n) is 6.47. The van der Waals surface area contributed by atoms with Crippen LogP contribution in [0.1, 0.15) is 29.8 Å². The zero-order chi connectivity index (χ0) is 14.5. The average Bonchev–Trinajstić information content (AvgIpc) is 2.86. The molecule has 0 aliphatic carbocycles. The van der Waals surface area contributed by atoms with E-state index in [-0.39, 0.29) is 6.04 Å². The molecule has 1 heterocycles. The van der Waals surface area contributed by atoms with Crippen molar-refractivity contribution in [2.75, 3.05) is 13.7 Å². The average molecular weight is 330 g/mol. The van der Waals surface area contributed by atoms with Crippen molar-refractivity contribution in [3.05, 3.63) is 50.1 Å². The van der Waals surface area contributed by atoms with E-state index in [1.165, 1.54) is 4.88 Å². The minimum Gasteiger partial charge on any atom is -0.495 e. The van der Waals surface area contributed by atoms with Crippen LogP contribution in [0.25, 0.3) is 0 Å². The van der Waals surface area contributed by atoms with Crippen molar-refractivity contribution in [3.63, 3.8) is 0 Å². The van der Waals surface area contributed by atoms with Crippen molar-refractivity contribution < 1.29 is 4.74 Å². The fraction of sp³-hybridized carbons (Fsp3) is 0.333. The Kier molecular flexibility index (Phi) is 5.73. The molecule has 0 radical (unpaired) electrons. The van der Waals surface area contributed by atoms with Crippen molar-refractivity contribution in [2.24, 2.45) is 0 Å². The Morgan fingerprint density at radius 1 is 1.25 bits per heavy atom. The molecule has 20 heavy (non-hydrogen) atoms. The summed E-state index contributed by atoms with van der Waals surface area (Å²) in [6.45, 7) is 3.08. The Labute approximate surface area is 133 Å². The second kappa shape index (κ2) is 7.32. The third-order valence-electron chi connectivity index (χ3n) is 2.99. The number of nitrogens with one attached hydrogen (secondary N) is 1. The Balaban J connectivity index is 2.33. The van der Waals surface area contributed by atoms with Crippen LogP contribution in [0.4, 0.5) is 0 Å². The first-order valence-corrected chi connectivity index (χ1v) is 8.05. The molecule has 0 amide bonds. The van der Waals surface area contributed by atoms with Gasteiger partial charge in [0, 0.05) is 4.88 Å². The number of hydrogen-bond donors (Lipinski definition) is 1. The molecule has 2 nitrogen and oxygen atoms in total. The first kappa shape index (κ1) is 15.6. The molecule has 0 aliphatic heterocycles. The minimum atomic E-state index is 0.107. The van der Waals surface area contributed by atoms with Crippen molar-refractivity contribution in [2.45, 2.75) is 19.4 Å². The van der Waals surface area contributed by atoms with E-state index in [9.17, 15) is 0 Å². The second-order valence-corrected chi connectivity index (χ2v) is 6.58. The summed E-state index contributed by atoms with van der Waals surface area (Å²) in [7, 11) is 1.62. The van der Waals surface area contributed by atoms with E-state index in [1.54, 1.807) is 18.4 Å². The molecule has 0 fully saturated rings. The van der Waals surface area contributed by atoms with Crippen LogP contribution in [0.15, 0.2) is 30.3 Å². The number of methoxy groups -OCH3 is 1. The van der Waals surface area contributed by atoms with Gasteiger partial charge in [-0.2, -0.15) is 0 Å². The van der Waals surface area contributed by atoms with Crippen LogP contribution in [0.3, 0.4) is 0 Å². The van der Waals surface area contributed by atoms with Crippen LogP contribution in [0.2, 0.25) is 9.36 Å². The predicted octanol–water partition coefficient (Wildman–Crippen LogP) is 5.15. The van der Waals surface area contributed by atoms with Gasteiger partial charge < -0.3 is 10.1 Å². The van der Waals surface area contributed by atoms with E-state index in [1.807, 2.05) is 24.3 Å². The van der Waals surface area contributed by atoms with Gasteiger partial charge in [-0.15, -0.1) is 11.3 Å². The van der Waals surface area contributed by atoms with Crippen molar-refractivity contribution in [1.29, 1.82) is 0 Å². The van der Waals surface area contributed by atoms with E-state index < -0.39 is 0 Å². The zero-order valence-corrected chi connectivity index (χ0v) is 13.8. The van der Waals surface area contributed by atoms with Gasteiger partial charge in [-0.25, -0.2) is 0 Å².